The molecule has 0 aliphatic carbocycles. The van der Waals surface area contributed by atoms with Crippen LogP contribution >= 0.6 is 0 Å². The van der Waals surface area contributed by atoms with Gasteiger partial charge in [0, 0.05) is 24.7 Å². The van der Waals surface area contributed by atoms with Crippen molar-refractivity contribution in [1.82, 2.24) is 10.2 Å². The highest BCUT2D eigenvalue weighted by molar-refractivity contribution is 5.67. The van der Waals surface area contributed by atoms with Crippen LogP contribution in [0.5, 0.6) is 0 Å². The molecule has 0 aromatic carbocycles. The first-order valence-corrected chi connectivity index (χ1v) is 7.43. The van der Waals surface area contributed by atoms with Crippen LogP contribution in [0.2, 0.25) is 0 Å². The summed E-state index contributed by atoms with van der Waals surface area (Å²) in [6.07, 6.45) is 1.50. The lowest BCUT2D eigenvalue weighted by atomic mass is 9.96. The fourth-order valence-electron chi connectivity index (χ4n) is 1.87. The van der Waals surface area contributed by atoms with E-state index in [0.717, 1.165) is 12.8 Å². The maximum atomic E-state index is 11.6. The SMILES string of the molecule is CCC(C)(C)N(C)C(CN)CCNC(=O)OC(C)(C)C. The first kappa shape index (κ1) is 19.2. The average molecular weight is 287 g/mol. The minimum atomic E-state index is -0.460. The van der Waals surface area contributed by atoms with E-state index in [1.54, 1.807) is 0 Å². The maximum absolute atomic E-state index is 11.6. The Morgan fingerprint density at radius 1 is 1.30 bits per heavy atom. The van der Waals surface area contributed by atoms with Crippen LogP contribution in [0.1, 0.15) is 54.4 Å². The molecule has 0 saturated heterocycles. The summed E-state index contributed by atoms with van der Waals surface area (Å²) < 4.78 is 5.21. The molecule has 3 N–H and O–H groups in total. The molecule has 0 aliphatic rings. The summed E-state index contributed by atoms with van der Waals surface area (Å²) in [7, 11) is 2.09. The number of carbonyl (C=O) groups is 1. The van der Waals surface area contributed by atoms with E-state index in [1.807, 2.05) is 20.8 Å². The van der Waals surface area contributed by atoms with E-state index in [9.17, 15) is 4.79 Å². The Kier molecular flexibility index (Phi) is 7.52. The summed E-state index contributed by atoms with van der Waals surface area (Å²) in [4.78, 5) is 13.9. The van der Waals surface area contributed by atoms with Crippen molar-refractivity contribution in [2.45, 2.75) is 71.6 Å². The number of likely N-dealkylation sites (N-methyl/N-ethyl adjacent to an activating group) is 1. The Labute approximate surface area is 124 Å². The molecular formula is C15H33N3O2. The maximum Gasteiger partial charge on any atom is 0.407 e. The van der Waals surface area contributed by atoms with Crippen LogP contribution < -0.4 is 11.1 Å². The minimum Gasteiger partial charge on any atom is -0.444 e. The van der Waals surface area contributed by atoms with Gasteiger partial charge in [-0.1, -0.05) is 6.92 Å². The molecule has 0 aromatic heterocycles. The van der Waals surface area contributed by atoms with Gasteiger partial charge in [0.25, 0.3) is 0 Å². The summed E-state index contributed by atoms with van der Waals surface area (Å²) in [5.41, 5.74) is 5.51. The molecule has 0 aliphatic heterocycles. The van der Waals surface area contributed by atoms with E-state index in [2.05, 4.69) is 38.0 Å². The number of hydrogen-bond donors (Lipinski definition) is 2. The van der Waals surface area contributed by atoms with E-state index >= 15 is 0 Å². The number of rotatable bonds is 7. The van der Waals surface area contributed by atoms with Crippen molar-refractivity contribution in [2.24, 2.45) is 5.73 Å². The zero-order valence-corrected chi connectivity index (χ0v) is 14.2. The van der Waals surface area contributed by atoms with Crippen LogP contribution in [0.3, 0.4) is 0 Å². The van der Waals surface area contributed by atoms with Crippen LogP contribution in [-0.4, -0.2) is 48.3 Å². The predicted molar refractivity (Wildman–Crippen MR) is 83.8 cm³/mol. The molecule has 0 spiro atoms. The summed E-state index contributed by atoms with van der Waals surface area (Å²) in [6.45, 7) is 13.3. The van der Waals surface area contributed by atoms with E-state index in [0.29, 0.717) is 13.1 Å². The second-order valence-electron chi connectivity index (χ2n) is 6.88. The van der Waals surface area contributed by atoms with Gasteiger partial charge in [-0.05, 0) is 54.5 Å². The zero-order valence-electron chi connectivity index (χ0n) is 14.2. The first-order chi connectivity index (χ1) is 9.03. The molecule has 1 atom stereocenters. The Bertz CT molecular complexity index is 298. The lowest BCUT2D eigenvalue weighted by Gasteiger charge is -2.40. The van der Waals surface area contributed by atoms with Crippen LogP contribution in [0.4, 0.5) is 4.79 Å². The van der Waals surface area contributed by atoms with Gasteiger partial charge in [0.1, 0.15) is 5.60 Å². The van der Waals surface area contributed by atoms with Gasteiger partial charge < -0.3 is 15.8 Å². The molecule has 0 heterocycles. The van der Waals surface area contributed by atoms with Gasteiger partial charge in [-0.2, -0.15) is 0 Å². The molecule has 5 heteroatoms. The summed E-state index contributed by atoms with van der Waals surface area (Å²) in [5.74, 6) is 0. The van der Waals surface area contributed by atoms with E-state index < -0.39 is 5.60 Å². The normalized spacial score (nSPS) is 14.2. The molecule has 20 heavy (non-hydrogen) atoms. The van der Waals surface area contributed by atoms with Gasteiger partial charge in [-0.3, -0.25) is 4.90 Å². The van der Waals surface area contributed by atoms with Crippen molar-refractivity contribution in [2.75, 3.05) is 20.1 Å². The highest BCUT2D eigenvalue weighted by Crippen LogP contribution is 2.20. The molecule has 120 valence electrons. The van der Waals surface area contributed by atoms with Gasteiger partial charge in [0.2, 0.25) is 0 Å². The first-order valence-electron chi connectivity index (χ1n) is 7.43. The minimum absolute atomic E-state index is 0.107. The smallest absolute Gasteiger partial charge is 0.407 e. The second kappa shape index (κ2) is 7.84. The third kappa shape index (κ3) is 7.10. The van der Waals surface area contributed by atoms with Crippen molar-refractivity contribution >= 4 is 6.09 Å². The predicted octanol–water partition coefficient (Wildman–Crippen LogP) is 2.35. The Hall–Kier alpha value is -0.810. The van der Waals surface area contributed by atoms with Crippen molar-refractivity contribution < 1.29 is 9.53 Å². The van der Waals surface area contributed by atoms with Gasteiger partial charge in [-0.25, -0.2) is 4.79 Å². The topological polar surface area (TPSA) is 67.6 Å². The molecular weight excluding hydrogens is 254 g/mol. The fraction of sp³-hybridized carbons (Fsp3) is 0.933. The second-order valence-corrected chi connectivity index (χ2v) is 6.88. The van der Waals surface area contributed by atoms with Crippen molar-refractivity contribution in [3.63, 3.8) is 0 Å². The average Bonchev–Trinajstić information content (AvgIpc) is 2.31. The van der Waals surface area contributed by atoms with Gasteiger partial charge >= 0.3 is 6.09 Å². The Morgan fingerprint density at radius 2 is 1.85 bits per heavy atom. The molecule has 0 saturated carbocycles. The number of carbonyl (C=O) groups excluding carboxylic acids is 1. The highest BCUT2D eigenvalue weighted by Gasteiger charge is 2.27. The van der Waals surface area contributed by atoms with Crippen LogP contribution in [-0.2, 0) is 4.74 Å². The molecule has 0 fully saturated rings. The third-order valence-corrected chi connectivity index (χ3v) is 3.79. The Morgan fingerprint density at radius 3 is 2.25 bits per heavy atom. The quantitative estimate of drug-likeness (QED) is 0.754. The molecule has 0 radical (unpaired) electrons. The molecule has 0 aromatic rings. The van der Waals surface area contributed by atoms with Gasteiger partial charge in [0.05, 0.1) is 0 Å². The number of hydrogen-bond acceptors (Lipinski definition) is 4. The van der Waals surface area contributed by atoms with Crippen LogP contribution in [0.15, 0.2) is 0 Å². The van der Waals surface area contributed by atoms with E-state index in [1.165, 1.54) is 0 Å². The summed E-state index contributed by atoms with van der Waals surface area (Å²) in [6, 6.07) is 0.250. The lowest BCUT2D eigenvalue weighted by Crippen LogP contribution is -2.51. The number of amides is 1. The largest absolute Gasteiger partial charge is 0.444 e. The standard InChI is InChI=1S/C15H33N3O2/c1-8-15(5,6)18(7)12(11-16)9-10-17-13(19)20-14(2,3)4/h12H,8-11,16H2,1-7H3,(H,17,19). The monoisotopic (exact) mass is 287 g/mol. The van der Waals surface area contributed by atoms with Crippen molar-refractivity contribution in [3.8, 4) is 0 Å². The molecule has 1 unspecified atom stereocenters. The fourth-order valence-corrected chi connectivity index (χ4v) is 1.87. The number of alkyl carbamates (subject to hydrolysis) is 1. The number of nitrogens with two attached hydrogens (primary N) is 1. The molecule has 5 nitrogen and oxygen atoms in total. The third-order valence-electron chi connectivity index (χ3n) is 3.79. The van der Waals surface area contributed by atoms with E-state index in [4.69, 9.17) is 10.5 Å². The number of ether oxygens (including phenoxy) is 1. The van der Waals surface area contributed by atoms with Gasteiger partial charge in [-0.15, -0.1) is 0 Å². The van der Waals surface area contributed by atoms with Gasteiger partial charge in [0.15, 0.2) is 0 Å². The summed E-state index contributed by atoms with van der Waals surface area (Å²) >= 11 is 0. The number of nitrogens with zero attached hydrogens (tertiary/aromatic N) is 1. The molecule has 0 rings (SSSR count). The van der Waals surface area contributed by atoms with Crippen LogP contribution in [0.25, 0.3) is 0 Å². The van der Waals surface area contributed by atoms with E-state index in [-0.39, 0.29) is 17.7 Å². The van der Waals surface area contributed by atoms with Crippen LogP contribution in [0, 0.1) is 0 Å². The zero-order chi connectivity index (χ0) is 16.0. The molecule has 0 bridgehead atoms. The van der Waals surface area contributed by atoms with Crippen molar-refractivity contribution in [1.29, 1.82) is 0 Å². The highest BCUT2D eigenvalue weighted by atomic mass is 16.6. The lowest BCUT2D eigenvalue weighted by molar-refractivity contribution is 0.0513. The van der Waals surface area contributed by atoms with Crippen molar-refractivity contribution in [3.05, 3.63) is 0 Å². The number of nitrogens with one attached hydrogen (secondary N) is 1. The summed E-state index contributed by atoms with van der Waals surface area (Å²) in [5, 5.41) is 2.78. The molecule has 1 amide bonds. The Balaban J connectivity index is 4.24.